The number of carbonyl (C=O) groups excluding carboxylic acids is 1. The van der Waals surface area contributed by atoms with E-state index in [1.165, 1.54) is 12.3 Å². The number of aromatic nitrogens is 4. The molecule has 0 aliphatic heterocycles. The van der Waals surface area contributed by atoms with Crippen molar-refractivity contribution in [3.8, 4) is 0 Å². The van der Waals surface area contributed by atoms with E-state index in [1.54, 1.807) is 13.8 Å². The molecule has 0 radical (unpaired) electrons. The molecule has 2 heterocycles. The van der Waals surface area contributed by atoms with Gasteiger partial charge in [-0.1, -0.05) is 0 Å². The minimum Gasteiger partial charge on any atom is -0.397 e. The second kappa shape index (κ2) is 4.20. The fraction of sp³-hybridized carbons (Fsp3) is 0.200. The highest BCUT2D eigenvalue weighted by atomic mass is 16.2. The van der Waals surface area contributed by atoms with Gasteiger partial charge in [-0.15, -0.1) is 5.10 Å². The number of aryl methyl sites for hydroxylation is 2. The lowest BCUT2D eigenvalue weighted by Crippen LogP contribution is -2.15. The highest BCUT2D eigenvalue weighted by Crippen LogP contribution is 2.07. The maximum Gasteiger partial charge on any atom is 0.274 e. The van der Waals surface area contributed by atoms with Crippen LogP contribution < -0.4 is 11.1 Å². The molecule has 0 saturated heterocycles. The zero-order valence-electron chi connectivity index (χ0n) is 9.48. The molecular formula is C10H12N6O. The predicted octanol–water partition coefficient (Wildman–Crippen LogP) is 0.651. The molecule has 0 aliphatic rings. The Morgan fingerprint density at radius 3 is 2.71 bits per heavy atom. The highest BCUT2D eigenvalue weighted by Gasteiger charge is 2.10. The van der Waals surface area contributed by atoms with Crippen molar-refractivity contribution in [2.75, 3.05) is 11.1 Å². The first-order valence-electron chi connectivity index (χ1n) is 4.99. The normalized spacial score (nSPS) is 10.2. The van der Waals surface area contributed by atoms with E-state index in [-0.39, 0.29) is 11.9 Å². The van der Waals surface area contributed by atoms with Gasteiger partial charge in [0.15, 0.2) is 0 Å². The molecular weight excluding hydrogens is 220 g/mol. The summed E-state index contributed by atoms with van der Waals surface area (Å²) in [7, 11) is 0. The van der Waals surface area contributed by atoms with Crippen molar-refractivity contribution in [1.82, 2.24) is 20.2 Å². The lowest BCUT2D eigenvalue weighted by atomic mass is 10.4. The summed E-state index contributed by atoms with van der Waals surface area (Å²) in [5, 5.41) is 10.2. The third-order valence-corrected chi connectivity index (χ3v) is 2.27. The smallest absolute Gasteiger partial charge is 0.274 e. The Morgan fingerprint density at radius 2 is 2.12 bits per heavy atom. The number of aromatic amines is 1. The molecule has 2 rings (SSSR count). The van der Waals surface area contributed by atoms with Gasteiger partial charge in [0, 0.05) is 11.9 Å². The van der Waals surface area contributed by atoms with Crippen LogP contribution in [0.1, 0.15) is 21.9 Å². The van der Waals surface area contributed by atoms with Crippen LogP contribution in [0.5, 0.6) is 0 Å². The number of nitrogen functional groups attached to an aromatic ring is 1. The first-order valence-corrected chi connectivity index (χ1v) is 4.99. The second-order valence-corrected chi connectivity index (χ2v) is 3.61. The minimum absolute atomic E-state index is 0.172. The van der Waals surface area contributed by atoms with E-state index in [9.17, 15) is 4.79 Å². The number of nitrogens with zero attached hydrogens (tertiary/aromatic N) is 3. The van der Waals surface area contributed by atoms with Crippen LogP contribution in [0, 0.1) is 13.8 Å². The summed E-state index contributed by atoms with van der Waals surface area (Å²) in [4.78, 5) is 18.6. The van der Waals surface area contributed by atoms with Crippen LogP contribution in [0.4, 0.5) is 11.6 Å². The molecule has 0 bridgehead atoms. The SMILES string of the molecule is Cc1nnc(NC(=O)c2cc(N)c[nH]2)nc1C. The molecule has 88 valence electrons. The molecule has 2 aromatic heterocycles. The number of rotatable bonds is 2. The first-order chi connectivity index (χ1) is 8.06. The van der Waals surface area contributed by atoms with Gasteiger partial charge < -0.3 is 10.7 Å². The monoisotopic (exact) mass is 232 g/mol. The van der Waals surface area contributed by atoms with Crippen molar-refractivity contribution in [3.05, 3.63) is 29.3 Å². The number of nitrogens with one attached hydrogen (secondary N) is 2. The van der Waals surface area contributed by atoms with Gasteiger partial charge in [-0.25, -0.2) is 4.98 Å². The van der Waals surface area contributed by atoms with Crippen molar-refractivity contribution in [2.24, 2.45) is 0 Å². The van der Waals surface area contributed by atoms with Crippen molar-refractivity contribution in [1.29, 1.82) is 0 Å². The Bertz CT molecular complexity index is 562. The summed E-state index contributed by atoms with van der Waals surface area (Å²) in [5.41, 5.74) is 7.80. The molecule has 0 saturated carbocycles. The molecule has 0 unspecified atom stereocenters. The van der Waals surface area contributed by atoms with Gasteiger partial charge in [-0.05, 0) is 19.9 Å². The topological polar surface area (TPSA) is 110 Å². The van der Waals surface area contributed by atoms with E-state index in [2.05, 4.69) is 25.5 Å². The molecule has 2 aromatic rings. The van der Waals surface area contributed by atoms with Crippen molar-refractivity contribution >= 4 is 17.5 Å². The summed E-state index contributed by atoms with van der Waals surface area (Å²) in [5.74, 6) is -0.182. The molecule has 4 N–H and O–H groups in total. The average Bonchev–Trinajstić information content (AvgIpc) is 2.70. The van der Waals surface area contributed by atoms with E-state index in [1.807, 2.05) is 0 Å². The van der Waals surface area contributed by atoms with Gasteiger partial charge in [0.25, 0.3) is 5.91 Å². The Kier molecular flexibility index (Phi) is 2.73. The van der Waals surface area contributed by atoms with Crippen LogP contribution in [-0.2, 0) is 0 Å². The molecule has 7 heteroatoms. The minimum atomic E-state index is -0.355. The summed E-state index contributed by atoms with van der Waals surface area (Å²) in [6, 6.07) is 1.53. The van der Waals surface area contributed by atoms with E-state index >= 15 is 0 Å². The molecule has 7 nitrogen and oxygen atoms in total. The van der Waals surface area contributed by atoms with Crippen LogP contribution >= 0.6 is 0 Å². The lowest BCUT2D eigenvalue weighted by Gasteiger charge is -2.03. The van der Waals surface area contributed by atoms with Gasteiger partial charge in [0.05, 0.1) is 11.4 Å². The maximum absolute atomic E-state index is 11.7. The fourth-order valence-corrected chi connectivity index (χ4v) is 1.22. The lowest BCUT2D eigenvalue weighted by molar-refractivity contribution is 0.102. The van der Waals surface area contributed by atoms with Gasteiger partial charge >= 0.3 is 0 Å². The van der Waals surface area contributed by atoms with Crippen LogP contribution in [0.2, 0.25) is 0 Å². The Balaban J connectivity index is 2.15. The van der Waals surface area contributed by atoms with Gasteiger partial charge in [-0.2, -0.15) is 5.10 Å². The molecule has 0 spiro atoms. The fourth-order valence-electron chi connectivity index (χ4n) is 1.22. The molecule has 17 heavy (non-hydrogen) atoms. The van der Waals surface area contributed by atoms with Crippen LogP contribution in [0.25, 0.3) is 0 Å². The van der Waals surface area contributed by atoms with E-state index < -0.39 is 0 Å². The van der Waals surface area contributed by atoms with Crippen molar-refractivity contribution in [3.63, 3.8) is 0 Å². The average molecular weight is 232 g/mol. The van der Waals surface area contributed by atoms with Crippen molar-refractivity contribution < 1.29 is 4.79 Å². The summed E-state index contributed by atoms with van der Waals surface area (Å²) in [6.07, 6.45) is 1.54. The van der Waals surface area contributed by atoms with Gasteiger partial charge in [-0.3, -0.25) is 10.1 Å². The Morgan fingerprint density at radius 1 is 1.35 bits per heavy atom. The Hall–Kier alpha value is -2.44. The van der Waals surface area contributed by atoms with E-state index in [0.29, 0.717) is 11.4 Å². The number of H-pyrrole nitrogens is 1. The quantitative estimate of drug-likeness (QED) is 0.704. The predicted molar refractivity (Wildman–Crippen MR) is 62.5 cm³/mol. The number of anilines is 2. The standard InChI is InChI=1S/C10H12N6O/c1-5-6(2)15-16-10(13-5)14-9(17)8-3-7(11)4-12-8/h3-4,12H,11H2,1-2H3,(H,13,14,16,17). The second-order valence-electron chi connectivity index (χ2n) is 3.61. The first kappa shape index (κ1) is 11.1. The third-order valence-electron chi connectivity index (χ3n) is 2.27. The Labute approximate surface area is 97.5 Å². The van der Waals surface area contributed by atoms with Crippen molar-refractivity contribution in [2.45, 2.75) is 13.8 Å². The number of amides is 1. The molecule has 0 fully saturated rings. The van der Waals surface area contributed by atoms with Crippen LogP contribution in [-0.4, -0.2) is 26.1 Å². The largest absolute Gasteiger partial charge is 0.397 e. The summed E-state index contributed by atoms with van der Waals surface area (Å²) >= 11 is 0. The zero-order chi connectivity index (χ0) is 12.4. The maximum atomic E-state index is 11.7. The molecule has 0 aliphatic carbocycles. The van der Waals surface area contributed by atoms with Gasteiger partial charge in [0.1, 0.15) is 5.69 Å². The number of carbonyl (C=O) groups is 1. The number of hydrogen-bond acceptors (Lipinski definition) is 5. The van der Waals surface area contributed by atoms with E-state index in [0.717, 1.165) is 11.4 Å². The molecule has 0 aromatic carbocycles. The van der Waals surface area contributed by atoms with Gasteiger partial charge in [0.2, 0.25) is 5.95 Å². The number of hydrogen-bond donors (Lipinski definition) is 3. The number of nitrogens with two attached hydrogens (primary N) is 1. The van der Waals surface area contributed by atoms with E-state index in [4.69, 9.17) is 5.73 Å². The van der Waals surface area contributed by atoms with Crippen LogP contribution in [0.15, 0.2) is 12.3 Å². The molecule has 1 amide bonds. The molecule has 0 atom stereocenters. The summed E-state index contributed by atoms with van der Waals surface area (Å²) in [6.45, 7) is 3.60. The highest BCUT2D eigenvalue weighted by molar-refractivity contribution is 6.02. The summed E-state index contributed by atoms with van der Waals surface area (Å²) < 4.78 is 0. The third kappa shape index (κ3) is 2.39. The zero-order valence-corrected chi connectivity index (χ0v) is 9.48. The van der Waals surface area contributed by atoms with Crippen LogP contribution in [0.3, 0.4) is 0 Å².